The molecular formula is C35H37N3O6. The van der Waals surface area contributed by atoms with Crippen LogP contribution in [0.2, 0.25) is 0 Å². The second kappa shape index (κ2) is 16.4. The molecule has 4 aromatic carbocycles. The predicted octanol–water partition coefficient (Wildman–Crippen LogP) is 6.66. The summed E-state index contributed by atoms with van der Waals surface area (Å²) in [7, 11) is 0. The summed E-state index contributed by atoms with van der Waals surface area (Å²) >= 11 is 0. The van der Waals surface area contributed by atoms with Gasteiger partial charge < -0.3 is 30.4 Å². The van der Waals surface area contributed by atoms with Crippen molar-refractivity contribution < 1.29 is 28.9 Å². The van der Waals surface area contributed by atoms with E-state index in [1.807, 2.05) is 55.5 Å². The van der Waals surface area contributed by atoms with Gasteiger partial charge in [-0.3, -0.25) is 10.1 Å². The number of carbonyl (C=O) groups excluding carboxylic acids is 2. The number of nitrogens with one attached hydrogen (secondary N) is 2. The summed E-state index contributed by atoms with van der Waals surface area (Å²) in [5.74, 6) is 0.711. The maximum atomic E-state index is 13.2. The van der Waals surface area contributed by atoms with Crippen molar-refractivity contribution >= 4 is 29.1 Å². The number of benzene rings is 4. The van der Waals surface area contributed by atoms with Gasteiger partial charge >= 0.3 is 6.09 Å². The van der Waals surface area contributed by atoms with Crippen molar-refractivity contribution in [1.82, 2.24) is 0 Å². The number of nitrogens with two attached hydrogens (primary N) is 1. The molecule has 4 aromatic rings. The topological polar surface area (TPSA) is 132 Å². The van der Waals surface area contributed by atoms with Crippen LogP contribution in [-0.2, 0) is 9.53 Å². The van der Waals surface area contributed by atoms with E-state index in [2.05, 4.69) is 10.6 Å². The van der Waals surface area contributed by atoms with Crippen LogP contribution in [0.4, 0.5) is 21.9 Å². The van der Waals surface area contributed by atoms with Gasteiger partial charge in [0.05, 0.1) is 18.0 Å². The fourth-order valence-electron chi connectivity index (χ4n) is 4.42. The summed E-state index contributed by atoms with van der Waals surface area (Å²) in [5.41, 5.74) is 9.14. The van der Waals surface area contributed by atoms with E-state index in [4.69, 9.17) is 19.9 Å². The first kappa shape index (κ1) is 31.7. The third-order valence-electron chi connectivity index (χ3n) is 6.58. The smallest absolute Gasteiger partial charge is 0.412 e. The quantitative estimate of drug-likeness (QED) is 0.0947. The van der Waals surface area contributed by atoms with Gasteiger partial charge in [-0.05, 0) is 68.3 Å². The molecule has 9 heteroatoms. The van der Waals surface area contributed by atoms with Gasteiger partial charge in [0, 0.05) is 11.3 Å². The van der Waals surface area contributed by atoms with E-state index >= 15 is 0 Å². The monoisotopic (exact) mass is 595 g/mol. The number of aryl methyl sites for hydroxylation is 1. The van der Waals surface area contributed by atoms with Crippen LogP contribution in [0.1, 0.15) is 30.1 Å². The molecule has 0 fully saturated rings. The average molecular weight is 596 g/mol. The van der Waals surface area contributed by atoms with Gasteiger partial charge in [0.2, 0.25) is 5.91 Å². The Bertz CT molecular complexity index is 1530. The SMILES string of the molecule is Cc1ccc(NC(=O)O[C@@H](c2ccccc2OCCO)[C@H](CC/C=C/C(=O)Nc2ccccc2N)Oc2ccccc2)cc1. The number of carbonyl (C=O) groups is 2. The summed E-state index contributed by atoms with van der Waals surface area (Å²) in [4.78, 5) is 25.8. The summed E-state index contributed by atoms with van der Waals surface area (Å²) in [5, 5.41) is 15.0. The number of aliphatic hydroxyl groups is 1. The molecule has 0 aromatic heterocycles. The van der Waals surface area contributed by atoms with Gasteiger partial charge in [-0.2, -0.15) is 0 Å². The first-order valence-electron chi connectivity index (χ1n) is 14.3. The van der Waals surface area contributed by atoms with Crippen molar-refractivity contribution in [3.63, 3.8) is 0 Å². The first-order valence-corrected chi connectivity index (χ1v) is 14.3. The van der Waals surface area contributed by atoms with Gasteiger partial charge in [0.15, 0.2) is 6.10 Å². The van der Waals surface area contributed by atoms with E-state index in [1.165, 1.54) is 6.08 Å². The highest BCUT2D eigenvalue weighted by molar-refractivity contribution is 6.01. The maximum absolute atomic E-state index is 13.2. The summed E-state index contributed by atoms with van der Waals surface area (Å²) < 4.78 is 18.3. The van der Waals surface area contributed by atoms with Crippen LogP contribution < -0.4 is 25.8 Å². The molecule has 44 heavy (non-hydrogen) atoms. The standard InChI is InChI=1S/C35H37N3O6/c1-25-19-21-26(22-20-25)37-35(41)44-34(28-13-5-8-16-31(28)42-24-23-39)32(43-27-11-3-2-4-12-27)17-9-10-18-33(40)38-30-15-7-6-14-29(30)36/h2-8,10-16,18-22,32,34,39H,9,17,23-24,36H2,1H3,(H,37,41)(H,38,40)/b18-10+/t32-,34-/m0/s1. The fourth-order valence-corrected chi connectivity index (χ4v) is 4.42. The van der Waals surface area contributed by atoms with E-state index in [0.717, 1.165) is 5.56 Å². The Labute approximate surface area is 257 Å². The minimum atomic E-state index is -0.915. The van der Waals surface area contributed by atoms with Crippen LogP contribution in [0, 0.1) is 6.92 Å². The number of anilines is 3. The largest absolute Gasteiger partial charge is 0.491 e. The Hall–Kier alpha value is -5.28. The van der Waals surface area contributed by atoms with Gasteiger partial charge in [-0.25, -0.2) is 4.79 Å². The molecule has 0 radical (unpaired) electrons. The minimum Gasteiger partial charge on any atom is -0.491 e. The fraction of sp³-hybridized carbons (Fsp3) is 0.200. The molecule has 0 aliphatic heterocycles. The molecule has 0 saturated carbocycles. The van der Waals surface area contributed by atoms with Crippen LogP contribution in [0.25, 0.3) is 0 Å². The molecule has 2 atom stereocenters. The lowest BCUT2D eigenvalue weighted by molar-refractivity contribution is -0.111. The van der Waals surface area contributed by atoms with Crippen molar-refractivity contribution in [1.29, 1.82) is 0 Å². The normalized spacial score (nSPS) is 12.2. The predicted molar refractivity (Wildman–Crippen MR) is 172 cm³/mol. The average Bonchev–Trinajstić information content (AvgIpc) is 3.03. The molecule has 228 valence electrons. The van der Waals surface area contributed by atoms with E-state index in [0.29, 0.717) is 47.0 Å². The van der Waals surface area contributed by atoms with Crippen molar-refractivity contribution in [2.45, 2.75) is 32.0 Å². The summed E-state index contributed by atoms with van der Waals surface area (Å²) in [6, 6.07) is 30.8. The zero-order chi connectivity index (χ0) is 31.1. The van der Waals surface area contributed by atoms with Crippen LogP contribution in [0.3, 0.4) is 0 Å². The molecule has 0 aliphatic rings. The van der Waals surface area contributed by atoms with Crippen LogP contribution in [0.5, 0.6) is 11.5 Å². The summed E-state index contributed by atoms with van der Waals surface area (Å²) in [6.07, 6.45) is 1.70. The summed E-state index contributed by atoms with van der Waals surface area (Å²) in [6.45, 7) is 1.84. The van der Waals surface area contributed by atoms with E-state index in [-0.39, 0.29) is 19.1 Å². The number of rotatable bonds is 14. The van der Waals surface area contributed by atoms with Crippen molar-refractivity contribution in [2.75, 3.05) is 29.6 Å². The second-order valence-corrected chi connectivity index (χ2v) is 9.95. The molecule has 9 nitrogen and oxygen atoms in total. The number of nitrogen functional groups attached to an aromatic ring is 1. The molecule has 4 rings (SSSR count). The molecule has 0 aliphatic carbocycles. The molecule has 2 amide bonds. The highest BCUT2D eigenvalue weighted by Gasteiger charge is 2.31. The van der Waals surface area contributed by atoms with Gasteiger partial charge in [0.1, 0.15) is 24.2 Å². The number of ether oxygens (including phenoxy) is 3. The van der Waals surface area contributed by atoms with E-state index in [9.17, 15) is 14.7 Å². The highest BCUT2D eigenvalue weighted by Crippen LogP contribution is 2.35. The van der Waals surface area contributed by atoms with Gasteiger partial charge in [-0.15, -0.1) is 0 Å². The number of hydrogen-bond acceptors (Lipinski definition) is 7. The Kier molecular flexibility index (Phi) is 11.8. The lowest BCUT2D eigenvalue weighted by Crippen LogP contribution is -2.31. The number of para-hydroxylation sites is 4. The van der Waals surface area contributed by atoms with Crippen LogP contribution in [0.15, 0.2) is 115 Å². The van der Waals surface area contributed by atoms with E-state index < -0.39 is 18.3 Å². The zero-order valence-corrected chi connectivity index (χ0v) is 24.5. The Balaban J connectivity index is 1.58. The molecular weight excluding hydrogens is 558 g/mol. The molecule has 0 unspecified atom stereocenters. The Morgan fingerprint density at radius 2 is 1.59 bits per heavy atom. The second-order valence-electron chi connectivity index (χ2n) is 9.95. The molecule has 0 bridgehead atoms. The highest BCUT2D eigenvalue weighted by atomic mass is 16.6. The molecule has 0 spiro atoms. The molecule has 5 N–H and O–H groups in total. The van der Waals surface area contributed by atoms with E-state index in [1.54, 1.807) is 60.7 Å². The number of allylic oxidation sites excluding steroid dienone is 1. The third-order valence-corrected chi connectivity index (χ3v) is 6.58. The Morgan fingerprint density at radius 1 is 0.886 bits per heavy atom. The number of aliphatic hydroxyl groups excluding tert-OH is 1. The maximum Gasteiger partial charge on any atom is 0.412 e. The lowest BCUT2D eigenvalue weighted by atomic mass is 9.99. The number of amides is 2. The van der Waals surface area contributed by atoms with Crippen molar-refractivity contribution in [3.05, 3.63) is 126 Å². The van der Waals surface area contributed by atoms with Crippen molar-refractivity contribution in [2.24, 2.45) is 0 Å². The Morgan fingerprint density at radius 3 is 2.34 bits per heavy atom. The van der Waals surface area contributed by atoms with Gasteiger partial charge in [0.25, 0.3) is 0 Å². The third kappa shape index (κ3) is 9.64. The zero-order valence-electron chi connectivity index (χ0n) is 24.5. The van der Waals surface area contributed by atoms with Crippen LogP contribution >= 0.6 is 0 Å². The molecule has 0 heterocycles. The van der Waals surface area contributed by atoms with Crippen LogP contribution in [-0.4, -0.2) is 36.4 Å². The first-order chi connectivity index (χ1) is 21.4. The number of hydrogen-bond donors (Lipinski definition) is 4. The van der Waals surface area contributed by atoms with Gasteiger partial charge in [-0.1, -0.05) is 72.3 Å². The van der Waals surface area contributed by atoms with Crippen molar-refractivity contribution in [3.8, 4) is 11.5 Å². The minimum absolute atomic E-state index is 0.0628. The lowest BCUT2D eigenvalue weighted by Gasteiger charge is -2.29. The molecule has 0 saturated heterocycles.